The molecule has 0 aliphatic rings. The van der Waals surface area contributed by atoms with Crippen LogP contribution in [-0.2, 0) is 7.05 Å². The fraction of sp³-hybridized carbons (Fsp3) is 0.235. The Morgan fingerprint density at radius 3 is 2.58 bits per heavy atom. The number of nitrogens with zero attached hydrogens (tertiary/aromatic N) is 4. The summed E-state index contributed by atoms with van der Waals surface area (Å²) in [6, 6.07) is 6.62. The van der Waals surface area contributed by atoms with Gasteiger partial charge in [-0.1, -0.05) is 11.3 Å². The predicted molar refractivity (Wildman–Crippen MR) is 95.8 cm³/mol. The molecule has 1 aromatic carbocycles. The van der Waals surface area contributed by atoms with Gasteiger partial charge in [-0.2, -0.15) is 0 Å². The van der Waals surface area contributed by atoms with Crippen LogP contribution in [0.25, 0.3) is 32.0 Å². The molecule has 5 nitrogen and oxygen atoms in total. The predicted octanol–water partition coefficient (Wildman–Crippen LogP) is 4.20. The van der Waals surface area contributed by atoms with Crippen molar-refractivity contribution in [3.63, 3.8) is 0 Å². The molecule has 4 rings (SSSR count). The van der Waals surface area contributed by atoms with Gasteiger partial charge in [0, 0.05) is 18.7 Å². The molecular weight excluding hydrogens is 325 g/mol. The Balaban J connectivity index is 1.97. The number of hydrogen-bond donors (Lipinski definition) is 1. The van der Waals surface area contributed by atoms with Crippen molar-refractivity contribution in [3.05, 3.63) is 36.4 Å². The Bertz CT molecular complexity index is 1030. The van der Waals surface area contributed by atoms with Gasteiger partial charge < -0.3 is 9.88 Å². The molecule has 0 aliphatic carbocycles. The maximum absolute atomic E-state index is 13.2. The number of halogens is 1. The second kappa shape index (κ2) is 5.52. The number of rotatable bonds is 3. The highest BCUT2D eigenvalue weighted by Crippen LogP contribution is 2.35. The van der Waals surface area contributed by atoms with Crippen LogP contribution in [0.5, 0.6) is 0 Å². The molecule has 0 saturated heterocycles. The summed E-state index contributed by atoms with van der Waals surface area (Å²) in [4.78, 5) is 14.8. The maximum Gasteiger partial charge on any atom is 0.156 e. The van der Waals surface area contributed by atoms with Crippen molar-refractivity contribution >= 4 is 38.5 Å². The fourth-order valence-electron chi connectivity index (χ4n) is 2.67. The molecule has 0 unspecified atom stereocenters. The lowest BCUT2D eigenvalue weighted by Crippen LogP contribution is -2.11. The van der Waals surface area contributed by atoms with E-state index in [1.54, 1.807) is 18.5 Å². The van der Waals surface area contributed by atoms with Crippen LogP contribution in [0.1, 0.15) is 13.8 Å². The fourth-order valence-corrected chi connectivity index (χ4v) is 3.62. The molecule has 0 radical (unpaired) electrons. The molecule has 7 heteroatoms. The van der Waals surface area contributed by atoms with Crippen molar-refractivity contribution in [1.29, 1.82) is 0 Å². The van der Waals surface area contributed by atoms with E-state index < -0.39 is 0 Å². The minimum atomic E-state index is -0.254. The molecule has 0 amide bonds. The van der Waals surface area contributed by atoms with Gasteiger partial charge in [0.05, 0.1) is 6.33 Å². The van der Waals surface area contributed by atoms with Crippen LogP contribution in [0.2, 0.25) is 0 Å². The summed E-state index contributed by atoms with van der Waals surface area (Å²) in [6.45, 7) is 4.13. The molecule has 0 aliphatic heterocycles. The summed E-state index contributed by atoms with van der Waals surface area (Å²) in [7, 11) is 1.95. The normalized spacial score (nSPS) is 11.7. The number of hydrogen-bond acceptors (Lipinski definition) is 5. The number of imidazole rings is 1. The average Bonchev–Trinajstić information content (AvgIpc) is 3.11. The average molecular weight is 341 g/mol. The topological polar surface area (TPSA) is 55.6 Å². The minimum Gasteiger partial charge on any atom is -0.366 e. The number of aryl methyl sites for hydroxylation is 1. The van der Waals surface area contributed by atoms with E-state index in [0.29, 0.717) is 0 Å². The molecule has 122 valence electrons. The number of aromatic nitrogens is 4. The first-order valence-corrected chi connectivity index (χ1v) is 8.48. The zero-order valence-electron chi connectivity index (χ0n) is 13.5. The third-order valence-corrected chi connectivity index (χ3v) is 4.72. The van der Waals surface area contributed by atoms with Crippen molar-refractivity contribution in [2.75, 3.05) is 5.32 Å². The molecule has 24 heavy (non-hydrogen) atoms. The van der Waals surface area contributed by atoms with Gasteiger partial charge in [0.1, 0.15) is 32.2 Å². The number of anilines is 1. The number of pyridine rings is 1. The molecule has 4 aromatic rings. The van der Waals surface area contributed by atoms with Gasteiger partial charge in [-0.25, -0.2) is 19.3 Å². The molecule has 0 spiro atoms. The highest BCUT2D eigenvalue weighted by Gasteiger charge is 2.18. The first kappa shape index (κ1) is 15.0. The first-order valence-electron chi connectivity index (χ1n) is 7.67. The van der Waals surface area contributed by atoms with Gasteiger partial charge in [0.15, 0.2) is 5.82 Å². The number of nitrogens with one attached hydrogen (secondary N) is 1. The van der Waals surface area contributed by atoms with Gasteiger partial charge in [0.2, 0.25) is 0 Å². The van der Waals surface area contributed by atoms with Crippen LogP contribution >= 0.6 is 11.3 Å². The summed E-state index contributed by atoms with van der Waals surface area (Å²) in [5.41, 5.74) is 3.47. The minimum absolute atomic E-state index is 0.254. The molecule has 0 bridgehead atoms. The van der Waals surface area contributed by atoms with Crippen molar-refractivity contribution in [2.24, 2.45) is 7.05 Å². The zero-order valence-corrected chi connectivity index (χ0v) is 14.4. The Labute approximate surface area is 142 Å². The Kier molecular flexibility index (Phi) is 3.45. The van der Waals surface area contributed by atoms with Crippen LogP contribution in [0.15, 0.2) is 30.6 Å². The van der Waals surface area contributed by atoms with E-state index in [1.807, 2.05) is 11.6 Å². The van der Waals surface area contributed by atoms with Crippen molar-refractivity contribution in [1.82, 2.24) is 19.5 Å². The number of fused-ring (bicyclic) bond motifs is 3. The number of thiazole rings is 1. The van der Waals surface area contributed by atoms with E-state index in [2.05, 4.69) is 24.1 Å². The lowest BCUT2D eigenvalue weighted by atomic mass is 10.2. The van der Waals surface area contributed by atoms with Crippen LogP contribution in [-0.4, -0.2) is 25.6 Å². The van der Waals surface area contributed by atoms with Gasteiger partial charge in [-0.3, -0.25) is 0 Å². The van der Waals surface area contributed by atoms with Gasteiger partial charge in [0.25, 0.3) is 0 Å². The van der Waals surface area contributed by atoms with E-state index in [4.69, 9.17) is 9.97 Å². The van der Waals surface area contributed by atoms with Crippen LogP contribution < -0.4 is 5.32 Å². The van der Waals surface area contributed by atoms with Crippen LogP contribution in [0.4, 0.5) is 10.2 Å². The largest absolute Gasteiger partial charge is 0.366 e. The van der Waals surface area contributed by atoms with Crippen LogP contribution in [0.3, 0.4) is 0 Å². The molecule has 0 saturated carbocycles. The summed E-state index contributed by atoms with van der Waals surface area (Å²) < 4.78 is 15.1. The lowest BCUT2D eigenvalue weighted by molar-refractivity contribution is 0.628. The maximum atomic E-state index is 13.2. The van der Waals surface area contributed by atoms with Crippen molar-refractivity contribution in [2.45, 2.75) is 19.9 Å². The van der Waals surface area contributed by atoms with Gasteiger partial charge in [-0.15, -0.1) is 0 Å². The SMILES string of the molecule is CC(C)Nc1nc2sc(-c3ccc(F)cc3)nc2c2c1ncn2C. The van der Waals surface area contributed by atoms with Gasteiger partial charge >= 0.3 is 0 Å². The monoisotopic (exact) mass is 341 g/mol. The first-order chi connectivity index (χ1) is 11.5. The quantitative estimate of drug-likeness (QED) is 0.607. The summed E-state index contributed by atoms with van der Waals surface area (Å²) >= 11 is 1.50. The van der Waals surface area contributed by atoms with E-state index in [9.17, 15) is 4.39 Å². The Morgan fingerprint density at radius 2 is 1.88 bits per heavy atom. The van der Waals surface area contributed by atoms with Gasteiger partial charge in [-0.05, 0) is 38.1 Å². The van der Waals surface area contributed by atoms with Crippen LogP contribution in [0, 0.1) is 5.82 Å². The molecule has 3 aromatic heterocycles. The third kappa shape index (κ3) is 2.41. The van der Waals surface area contributed by atoms with E-state index >= 15 is 0 Å². The highest BCUT2D eigenvalue weighted by atomic mass is 32.1. The van der Waals surface area contributed by atoms with E-state index in [-0.39, 0.29) is 11.9 Å². The number of benzene rings is 1. The highest BCUT2D eigenvalue weighted by molar-refractivity contribution is 7.21. The van der Waals surface area contributed by atoms with E-state index in [1.165, 1.54) is 23.5 Å². The lowest BCUT2D eigenvalue weighted by Gasteiger charge is -2.09. The zero-order chi connectivity index (χ0) is 16.8. The summed E-state index contributed by atoms with van der Waals surface area (Å²) in [5, 5.41) is 4.17. The Morgan fingerprint density at radius 1 is 1.12 bits per heavy atom. The Hall–Kier alpha value is -2.54. The molecule has 1 N–H and O–H groups in total. The van der Waals surface area contributed by atoms with Crippen molar-refractivity contribution in [3.8, 4) is 10.6 Å². The third-order valence-electron chi connectivity index (χ3n) is 3.72. The second-order valence-corrected chi connectivity index (χ2v) is 6.97. The van der Waals surface area contributed by atoms with Crippen molar-refractivity contribution < 1.29 is 4.39 Å². The van der Waals surface area contributed by atoms with E-state index in [0.717, 1.165) is 37.8 Å². The molecular formula is C17H16FN5S. The molecule has 0 fully saturated rings. The molecule has 3 heterocycles. The standard InChI is InChI=1S/C17H16FN5S/c1-9(2)20-15-12-14(23(3)8-19-12)13-17(22-15)24-16(21-13)10-4-6-11(18)7-5-10/h4-9H,1-3H3,(H,20,22). The molecule has 0 atom stereocenters. The summed E-state index contributed by atoms with van der Waals surface area (Å²) in [5.74, 6) is 0.512. The smallest absolute Gasteiger partial charge is 0.156 e. The summed E-state index contributed by atoms with van der Waals surface area (Å²) in [6.07, 6.45) is 1.77. The second-order valence-electron chi connectivity index (χ2n) is 5.99.